The molecule has 4 rings (SSSR count). The van der Waals surface area contributed by atoms with Crippen LogP contribution in [0.15, 0.2) is 35.1 Å². The van der Waals surface area contributed by atoms with Crippen molar-refractivity contribution >= 4 is 26.8 Å². The van der Waals surface area contributed by atoms with Gasteiger partial charge in [0.15, 0.2) is 29.0 Å². The van der Waals surface area contributed by atoms with E-state index >= 15 is 0 Å². The van der Waals surface area contributed by atoms with Crippen molar-refractivity contribution in [3.8, 4) is 11.5 Å². The van der Waals surface area contributed by atoms with E-state index in [4.69, 9.17) is 9.47 Å². The number of piperazine rings is 1. The second-order valence-electron chi connectivity index (χ2n) is 8.75. The number of nitrogens with one attached hydrogen (secondary N) is 3. The normalized spacial score (nSPS) is 16.4. The number of halogens is 2. The highest BCUT2D eigenvalue weighted by molar-refractivity contribution is 7.88. The van der Waals surface area contributed by atoms with Crippen molar-refractivity contribution in [2.75, 3.05) is 39.6 Å². The maximum absolute atomic E-state index is 14.6. The monoisotopic (exact) mass is 551 g/mol. The van der Waals surface area contributed by atoms with Crippen molar-refractivity contribution in [1.29, 1.82) is 0 Å². The number of aromatic amines is 1. The number of carbonyl (C=O) groups excluding carboxylic acids is 1. The van der Waals surface area contributed by atoms with E-state index in [-0.39, 0.29) is 54.0 Å². The predicted molar refractivity (Wildman–Crippen MR) is 135 cm³/mol. The number of hydrogen-bond acceptors (Lipinski definition) is 8. The number of benzene rings is 2. The second-order valence-corrected chi connectivity index (χ2v) is 10.7. The molecule has 1 amide bonds. The van der Waals surface area contributed by atoms with Crippen molar-refractivity contribution in [2.24, 2.45) is 0 Å². The van der Waals surface area contributed by atoms with E-state index in [9.17, 15) is 26.8 Å². The van der Waals surface area contributed by atoms with Gasteiger partial charge in [-0.05, 0) is 36.2 Å². The van der Waals surface area contributed by atoms with Crippen LogP contribution in [0.5, 0.6) is 11.5 Å². The summed E-state index contributed by atoms with van der Waals surface area (Å²) < 4.78 is 63.7. The fourth-order valence-corrected chi connectivity index (χ4v) is 4.97. The van der Waals surface area contributed by atoms with Crippen LogP contribution in [0.25, 0.3) is 10.9 Å². The Morgan fingerprint density at radius 2 is 2.00 bits per heavy atom. The lowest BCUT2D eigenvalue weighted by molar-refractivity contribution is 0.0940. The third-order valence-electron chi connectivity index (χ3n) is 6.06. The molecule has 14 heteroatoms. The lowest BCUT2D eigenvalue weighted by Gasteiger charge is -2.32. The molecule has 1 saturated heterocycles. The Morgan fingerprint density at radius 3 is 2.74 bits per heavy atom. The predicted octanol–water partition coefficient (Wildman–Crippen LogP) is 1.14. The fraction of sp³-hybridized carbons (Fsp3) is 0.375. The first-order valence-corrected chi connectivity index (χ1v) is 13.6. The molecular weight excluding hydrogens is 524 g/mol. The number of rotatable bonds is 9. The Morgan fingerprint density at radius 1 is 1.24 bits per heavy atom. The van der Waals surface area contributed by atoms with Gasteiger partial charge < -0.3 is 25.1 Å². The molecule has 204 valence electrons. The summed E-state index contributed by atoms with van der Waals surface area (Å²) in [6, 6.07) is 6.26. The molecule has 1 unspecified atom stereocenters. The molecule has 2 aromatic carbocycles. The highest BCUT2D eigenvalue weighted by atomic mass is 32.2. The molecule has 1 aliphatic rings. The summed E-state index contributed by atoms with van der Waals surface area (Å²) in [4.78, 5) is 31.9. The van der Waals surface area contributed by atoms with Crippen molar-refractivity contribution in [1.82, 2.24) is 24.9 Å². The third kappa shape index (κ3) is 6.26. The molecule has 3 aromatic rings. The molecular formula is C24H27F2N5O6S. The first-order chi connectivity index (χ1) is 18.1. The van der Waals surface area contributed by atoms with E-state index in [1.165, 1.54) is 35.7 Å². The largest absolute Gasteiger partial charge is 0.494 e. The van der Waals surface area contributed by atoms with Crippen LogP contribution in [0.2, 0.25) is 0 Å². The molecule has 11 nitrogen and oxygen atoms in total. The van der Waals surface area contributed by atoms with E-state index in [2.05, 4.69) is 20.6 Å². The summed E-state index contributed by atoms with van der Waals surface area (Å²) in [5, 5.41) is 5.62. The number of aromatic nitrogens is 2. The van der Waals surface area contributed by atoms with Crippen molar-refractivity contribution in [3.05, 3.63) is 63.7 Å². The molecule has 38 heavy (non-hydrogen) atoms. The number of methoxy groups -OCH3 is 1. The van der Waals surface area contributed by atoms with Gasteiger partial charge in [0.2, 0.25) is 10.0 Å². The zero-order chi connectivity index (χ0) is 27.4. The molecule has 2 heterocycles. The maximum atomic E-state index is 14.6. The van der Waals surface area contributed by atoms with Crippen molar-refractivity contribution < 1.29 is 31.5 Å². The summed E-state index contributed by atoms with van der Waals surface area (Å²) >= 11 is 0. The van der Waals surface area contributed by atoms with Gasteiger partial charge in [0.1, 0.15) is 5.39 Å². The molecule has 0 spiro atoms. The topological polar surface area (TPSA) is 143 Å². The second kappa shape index (κ2) is 11.4. The molecule has 0 bridgehead atoms. The molecule has 1 fully saturated rings. The number of sulfonamides is 1. The Labute approximate surface area is 217 Å². The smallest absolute Gasteiger partial charge is 0.287 e. The van der Waals surface area contributed by atoms with Crippen LogP contribution in [-0.2, 0) is 16.6 Å². The molecule has 1 aliphatic heterocycles. The van der Waals surface area contributed by atoms with Crippen LogP contribution >= 0.6 is 0 Å². The number of hydrogen-bond donors (Lipinski definition) is 3. The van der Waals surface area contributed by atoms with E-state index < -0.39 is 33.1 Å². The number of H-pyrrole nitrogens is 1. The van der Waals surface area contributed by atoms with Gasteiger partial charge in [0.05, 0.1) is 25.5 Å². The van der Waals surface area contributed by atoms with Crippen molar-refractivity contribution in [3.63, 3.8) is 0 Å². The van der Waals surface area contributed by atoms with Crippen LogP contribution in [-0.4, -0.2) is 74.2 Å². The van der Waals surface area contributed by atoms with E-state index in [1.54, 1.807) is 0 Å². The average molecular weight is 552 g/mol. The molecule has 3 N–H and O–H groups in total. The third-order valence-corrected chi connectivity index (χ3v) is 7.33. The summed E-state index contributed by atoms with van der Waals surface area (Å²) in [6.45, 7) is 1.12. The highest BCUT2D eigenvalue weighted by Crippen LogP contribution is 2.25. The first-order valence-electron chi connectivity index (χ1n) is 11.7. The minimum absolute atomic E-state index is 0.00805. The summed E-state index contributed by atoms with van der Waals surface area (Å²) in [7, 11) is -2.00. The highest BCUT2D eigenvalue weighted by Gasteiger charge is 2.26. The van der Waals surface area contributed by atoms with Gasteiger partial charge in [-0.1, -0.05) is 6.07 Å². The summed E-state index contributed by atoms with van der Waals surface area (Å²) in [6.07, 6.45) is 1.51. The quantitative estimate of drug-likeness (QED) is 0.360. The number of fused-ring (bicyclic) bond motifs is 1. The molecule has 1 atom stereocenters. The van der Waals surface area contributed by atoms with Crippen LogP contribution in [0.1, 0.15) is 22.6 Å². The Bertz CT molecular complexity index is 1510. The fourth-order valence-electron chi connectivity index (χ4n) is 4.10. The minimum atomic E-state index is -3.33. The van der Waals surface area contributed by atoms with E-state index in [0.29, 0.717) is 25.1 Å². The summed E-state index contributed by atoms with van der Waals surface area (Å²) in [5.41, 5.74) is -0.153. The van der Waals surface area contributed by atoms with Crippen molar-refractivity contribution in [2.45, 2.75) is 19.0 Å². The maximum Gasteiger partial charge on any atom is 0.287 e. The first kappa shape index (κ1) is 27.4. The van der Waals surface area contributed by atoms with E-state index in [0.717, 1.165) is 12.3 Å². The number of nitrogens with zero attached hydrogens (tertiary/aromatic N) is 2. The van der Waals surface area contributed by atoms with Gasteiger partial charge in [-0.15, -0.1) is 0 Å². The van der Waals surface area contributed by atoms with Gasteiger partial charge in [-0.25, -0.2) is 22.2 Å². The Kier molecular flexibility index (Phi) is 8.23. The van der Waals surface area contributed by atoms with Gasteiger partial charge in [-0.3, -0.25) is 9.59 Å². The molecule has 0 saturated carbocycles. The van der Waals surface area contributed by atoms with Crippen LogP contribution in [0.4, 0.5) is 8.78 Å². The lowest BCUT2D eigenvalue weighted by atomic mass is 10.1. The molecule has 0 aliphatic carbocycles. The Balaban J connectivity index is 1.46. The van der Waals surface area contributed by atoms with E-state index in [1.807, 2.05) is 0 Å². The lowest BCUT2D eigenvalue weighted by Crippen LogP contribution is -2.52. The van der Waals surface area contributed by atoms with Crippen LogP contribution in [0.3, 0.4) is 0 Å². The van der Waals surface area contributed by atoms with Gasteiger partial charge in [-0.2, -0.15) is 4.31 Å². The number of ether oxygens (including phenoxy) is 2. The number of carbonyl (C=O) groups is 1. The Hall–Kier alpha value is -3.62. The number of amides is 1. The average Bonchev–Trinajstić information content (AvgIpc) is 2.88. The standard InChI is InChI=1S/C24H27F2N5O6S/c1-36-19-11-14(3-4-16(19)25)12-28-24(33)22-29-18-6-5-17(26)21(20(18)23(32)30-22)37-10-7-15-13-31(9-8-27-15)38(2,34)35/h3-6,11,15,27H,7-10,12-13H2,1-2H3,(H,28,33)(H,29,30,32). The van der Waals surface area contributed by atoms with Gasteiger partial charge in [0.25, 0.3) is 11.5 Å². The van der Waals surface area contributed by atoms with Gasteiger partial charge in [0, 0.05) is 32.2 Å². The van der Waals surface area contributed by atoms with Crippen LogP contribution < -0.4 is 25.7 Å². The zero-order valence-electron chi connectivity index (χ0n) is 20.7. The minimum Gasteiger partial charge on any atom is -0.494 e. The zero-order valence-corrected chi connectivity index (χ0v) is 21.5. The SMILES string of the molecule is COc1cc(CNC(=O)c2nc3ccc(F)c(OCCC4CN(S(C)(=O)=O)CCN4)c3c(=O)[nH]2)ccc1F. The molecule has 0 radical (unpaired) electrons. The molecule has 1 aromatic heterocycles. The summed E-state index contributed by atoms with van der Waals surface area (Å²) in [5.74, 6) is -2.59. The van der Waals surface area contributed by atoms with Gasteiger partial charge >= 0.3 is 0 Å². The van der Waals surface area contributed by atoms with Crippen LogP contribution in [0, 0.1) is 11.6 Å².